The summed E-state index contributed by atoms with van der Waals surface area (Å²) in [5.74, 6) is 1.76. The van der Waals surface area contributed by atoms with Gasteiger partial charge in [0.25, 0.3) is 0 Å². The standard InChI is InChI=1S/C19H31N3O3.2ClH/c1-14-6-7-17(25-14)16(22-9-11-24-12-10-22)13-21-18(23)15-5-3-4-8-19(15,2)20;;/h6-7,15-16H,3-5,8-13,20H2,1-2H3,(H,21,23);2*1H. The molecule has 1 saturated heterocycles. The summed E-state index contributed by atoms with van der Waals surface area (Å²) in [7, 11) is 0. The van der Waals surface area contributed by atoms with Crippen LogP contribution in [0.15, 0.2) is 16.5 Å². The number of amides is 1. The van der Waals surface area contributed by atoms with E-state index in [0.29, 0.717) is 19.8 Å². The lowest BCUT2D eigenvalue weighted by atomic mass is 9.74. The van der Waals surface area contributed by atoms with Crippen LogP contribution in [0.25, 0.3) is 0 Å². The third-order valence-corrected chi connectivity index (χ3v) is 5.62. The van der Waals surface area contributed by atoms with Gasteiger partial charge in [-0.25, -0.2) is 0 Å². The molecule has 0 spiro atoms. The van der Waals surface area contributed by atoms with Gasteiger partial charge >= 0.3 is 0 Å². The fraction of sp³-hybridized carbons (Fsp3) is 0.737. The molecule has 2 fully saturated rings. The van der Waals surface area contributed by atoms with Gasteiger partial charge in [0.15, 0.2) is 0 Å². The molecule has 0 aromatic carbocycles. The number of halogens is 2. The van der Waals surface area contributed by atoms with E-state index < -0.39 is 5.54 Å². The minimum Gasteiger partial charge on any atom is -0.465 e. The molecule has 1 aliphatic heterocycles. The highest BCUT2D eigenvalue weighted by molar-refractivity contribution is 5.85. The molecular weight excluding hydrogens is 389 g/mol. The molecule has 3 unspecified atom stereocenters. The molecule has 156 valence electrons. The fourth-order valence-electron chi connectivity index (χ4n) is 4.04. The van der Waals surface area contributed by atoms with Gasteiger partial charge in [-0.05, 0) is 38.8 Å². The van der Waals surface area contributed by atoms with E-state index in [-0.39, 0.29) is 42.7 Å². The van der Waals surface area contributed by atoms with Crippen LogP contribution < -0.4 is 11.1 Å². The van der Waals surface area contributed by atoms with Gasteiger partial charge in [0, 0.05) is 25.2 Å². The van der Waals surface area contributed by atoms with E-state index in [1.165, 1.54) is 0 Å². The van der Waals surface area contributed by atoms with Crippen LogP contribution in [-0.2, 0) is 9.53 Å². The average molecular weight is 422 g/mol. The first-order chi connectivity index (χ1) is 12.0. The van der Waals surface area contributed by atoms with Gasteiger partial charge < -0.3 is 20.2 Å². The van der Waals surface area contributed by atoms with E-state index in [1.54, 1.807) is 0 Å². The van der Waals surface area contributed by atoms with E-state index in [1.807, 2.05) is 26.0 Å². The van der Waals surface area contributed by atoms with Gasteiger partial charge in [-0.1, -0.05) is 12.8 Å². The average Bonchev–Trinajstić information content (AvgIpc) is 3.01. The van der Waals surface area contributed by atoms with Gasteiger partial charge in [-0.2, -0.15) is 0 Å². The Kier molecular flexibility index (Phi) is 9.58. The number of nitrogens with zero attached hydrogens (tertiary/aromatic N) is 1. The number of nitrogens with two attached hydrogens (primary N) is 1. The van der Waals surface area contributed by atoms with E-state index in [9.17, 15) is 4.79 Å². The molecule has 3 N–H and O–H groups in total. The summed E-state index contributed by atoms with van der Waals surface area (Å²) in [5, 5.41) is 3.15. The molecule has 2 aliphatic rings. The van der Waals surface area contributed by atoms with Crippen molar-refractivity contribution in [2.24, 2.45) is 11.7 Å². The number of aryl methyl sites for hydroxylation is 1. The zero-order valence-electron chi connectivity index (χ0n) is 16.2. The van der Waals surface area contributed by atoms with Crippen molar-refractivity contribution < 1.29 is 13.9 Å². The lowest BCUT2D eigenvalue weighted by Gasteiger charge is -2.38. The minimum absolute atomic E-state index is 0. The first-order valence-corrected chi connectivity index (χ1v) is 9.42. The van der Waals surface area contributed by atoms with Gasteiger partial charge in [0.1, 0.15) is 11.5 Å². The van der Waals surface area contributed by atoms with Crippen LogP contribution in [0.2, 0.25) is 0 Å². The third-order valence-electron chi connectivity index (χ3n) is 5.62. The Balaban J connectivity index is 0.00000182. The summed E-state index contributed by atoms with van der Waals surface area (Å²) in [6.45, 7) is 7.61. The lowest BCUT2D eigenvalue weighted by Crippen LogP contribution is -2.54. The van der Waals surface area contributed by atoms with Crippen LogP contribution in [0.3, 0.4) is 0 Å². The van der Waals surface area contributed by atoms with Crippen LogP contribution >= 0.6 is 24.8 Å². The third kappa shape index (κ3) is 6.09. The second-order valence-corrected chi connectivity index (χ2v) is 7.66. The molecule has 3 rings (SSSR count). The first kappa shape index (κ1) is 24.2. The SMILES string of the molecule is Cc1ccc(C(CNC(=O)C2CCCCC2(C)N)N2CCOCC2)o1.Cl.Cl. The normalized spacial score (nSPS) is 27.1. The summed E-state index contributed by atoms with van der Waals surface area (Å²) < 4.78 is 11.3. The highest BCUT2D eigenvalue weighted by atomic mass is 35.5. The quantitative estimate of drug-likeness (QED) is 0.763. The number of rotatable bonds is 5. The maximum atomic E-state index is 12.8. The topological polar surface area (TPSA) is 80.7 Å². The summed E-state index contributed by atoms with van der Waals surface area (Å²) >= 11 is 0. The Hall–Kier alpha value is -0.790. The Labute approximate surface area is 174 Å². The monoisotopic (exact) mass is 421 g/mol. The number of ether oxygens (including phenoxy) is 1. The molecule has 1 aromatic heterocycles. The first-order valence-electron chi connectivity index (χ1n) is 9.42. The maximum Gasteiger partial charge on any atom is 0.225 e. The lowest BCUT2D eigenvalue weighted by molar-refractivity contribution is -0.128. The molecule has 0 bridgehead atoms. The Morgan fingerprint density at radius 1 is 1.33 bits per heavy atom. The number of furan rings is 1. The van der Waals surface area contributed by atoms with E-state index in [0.717, 1.165) is 50.3 Å². The molecule has 1 saturated carbocycles. The zero-order valence-corrected chi connectivity index (χ0v) is 17.9. The molecule has 1 amide bonds. The number of morpholine rings is 1. The van der Waals surface area contributed by atoms with Gasteiger partial charge in [0.05, 0.1) is 25.2 Å². The van der Waals surface area contributed by atoms with Gasteiger partial charge in [0.2, 0.25) is 5.91 Å². The second-order valence-electron chi connectivity index (χ2n) is 7.66. The predicted molar refractivity (Wildman–Crippen MR) is 111 cm³/mol. The molecule has 1 aliphatic carbocycles. The smallest absolute Gasteiger partial charge is 0.225 e. The van der Waals surface area contributed by atoms with Crippen molar-refractivity contribution in [1.82, 2.24) is 10.2 Å². The molecule has 27 heavy (non-hydrogen) atoms. The number of carbonyl (C=O) groups is 1. The second kappa shape index (κ2) is 10.7. The highest BCUT2D eigenvalue weighted by Gasteiger charge is 2.38. The molecule has 0 radical (unpaired) electrons. The van der Waals surface area contributed by atoms with E-state index in [2.05, 4.69) is 10.2 Å². The van der Waals surface area contributed by atoms with Crippen molar-refractivity contribution >= 4 is 30.7 Å². The fourth-order valence-corrected chi connectivity index (χ4v) is 4.04. The summed E-state index contributed by atoms with van der Waals surface area (Å²) in [6.07, 6.45) is 3.98. The molecule has 3 atom stereocenters. The van der Waals surface area contributed by atoms with Crippen molar-refractivity contribution in [3.05, 3.63) is 23.7 Å². The Morgan fingerprint density at radius 3 is 2.63 bits per heavy atom. The molecule has 2 heterocycles. The number of nitrogens with one attached hydrogen (secondary N) is 1. The zero-order chi connectivity index (χ0) is 17.9. The van der Waals surface area contributed by atoms with Crippen LogP contribution in [-0.4, -0.2) is 49.2 Å². The molecule has 6 nitrogen and oxygen atoms in total. The van der Waals surface area contributed by atoms with Crippen LogP contribution in [0, 0.1) is 12.8 Å². The molecular formula is C19H33Cl2N3O3. The van der Waals surface area contributed by atoms with Crippen molar-refractivity contribution in [1.29, 1.82) is 0 Å². The van der Waals surface area contributed by atoms with Gasteiger partial charge in [-0.15, -0.1) is 24.8 Å². The van der Waals surface area contributed by atoms with Crippen molar-refractivity contribution in [3.8, 4) is 0 Å². The summed E-state index contributed by atoms with van der Waals surface area (Å²) in [4.78, 5) is 15.1. The Bertz CT molecular complexity index is 589. The summed E-state index contributed by atoms with van der Waals surface area (Å²) in [6, 6.07) is 4.02. The Morgan fingerprint density at radius 2 is 2.04 bits per heavy atom. The van der Waals surface area contributed by atoms with Crippen LogP contribution in [0.1, 0.15) is 50.2 Å². The molecule has 8 heteroatoms. The number of carbonyl (C=O) groups excluding carboxylic acids is 1. The maximum absolute atomic E-state index is 12.8. The largest absolute Gasteiger partial charge is 0.465 e. The van der Waals surface area contributed by atoms with E-state index >= 15 is 0 Å². The molecule has 1 aromatic rings. The number of hydrogen-bond donors (Lipinski definition) is 2. The van der Waals surface area contributed by atoms with Gasteiger partial charge in [-0.3, -0.25) is 9.69 Å². The predicted octanol–water partition coefficient (Wildman–Crippen LogP) is 2.83. The van der Waals surface area contributed by atoms with Crippen LogP contribution in [0.5, 0.6) is 0 Å². The van der Waals surface area contributed by atoms with Crippen LogP contribution in [0.4, 0.5) is 0 Å². The number of hydrogen-bond acceptors (Lipinski definition) is 5. The van der Waals surface area contributed by atoms with Crippen molar-refractivity contribution in [2.45, 2.75) is 51.1 Å². The van der Waals surface area contributed by atoms with Crippen molar-refractivity contribution in [2.75, 3.05) is 32.8 Å². The highest BCUT2D eigenvalue weighted by Crippen LogP contribution is 2.32. The minimum atomic E-state index is -0.405. The summed E-state index contributed by atoms with van der Waals surface area (Å²) in [5.41, 5.74) is 5.98. The van der Waals surface area contributed by atoms with Crippen molar-refractivity contribution in [3.63, 3.8) is 0 Å². The van der Waals surface area contributed by atoms with E-state index in [4.69, 9.17) is 14.9 Å².